The maximum Gasteiger partial charge on any atom is 0.324 e. The van der Waals surface area contributed by atoms with Crippen molar-refractivity contribution >= 4 is 53.8 Å². The Morgan fingerprint density at radius 1 is 1.33 bits per heavy atom. The standard InChI is InChI=1S/C15H10N4O5S3/c1-2-7-18-10-4-3-9(27(16,23)24)8-12(10)26-15(18)17-14(20)11-5-6-13(25-11)19(21)22/h1,3-6,8H,7H2,(H2,16,23,24). The lowest BCUT2D eigenvalue weighted by molar-refractivity contribution is -0.380. The first kappa shape index (κ1) is 18.9. The number of fused-ring (bicyclic) bond motifs is 1. The molecule has 0 atom stereocenters. The molecule has 9 nitrogen and oxygen atoms in total. The summed E-state index contributed by atoms with van der Waals surface area (Å²) in [6.45, 7) is 0.103. The summed E-state index contributed by atoms with van der Waals surface area (Å²) in [7, 11) is -3.88. The van der Waals surface area contributed by atoms with Crippen LogP contribution in [0.1, 0.15) is 9.67 Å². The number of aromatic nitrogens is 1. The predicted octanol–water partition coefficient (Wildman–Crippen LogP) is 1.69. The lowest BCUT2D eigenvalue weighted by atomic mass is 10.3. The molecule has 0 saturated heterocycles. The molecule has 138 valence electrons. The number of amides is 1. The van der Waals surface area contributed by atoms with E-state index in [1.807, 2.05) is 0 Å². The van der Waals surface area contributed by atoms with Crippen LogP contribution in [0.25, 0.3) is 10.2 Å². The quantitative estimate of drug-likeness (QED) is 0.387. The molecule has 0 radical (unpaired) electrons. The van der Waals surface area contributed by atoms with Crippen LogP contribution in [0.5, 0.6) is 0 Å². The van der Waals surface area contributed by atoms with Gasteiger partial charge in [0.15, 0.2) is 4.80 Å². The first-order valence-corrected chi connectivity index (χ1v) is 10.3. The van der Waals surface area contributed by atoms with Crippen molar-refractivity contribution < 1.29 is 18.1 Å². The van der Waals surface area contributed by atoms with E-state index < -0.39 is 20.9 Å². The number of primary sulfonamides is 1. The van der Waals surface area contributed by atoms with Crippen LogP contribution < -0.4 is 9.94 Å². The van der Waals surface area contributed by atoms with Crippen molar-refractivity contribution in [2.45, 2.75) is 11.4 Å². The first-order chi connectivity index (χ1) is 12.7. The molecule has 0 aliphatic heterocycles. The van der Waals surface area contributed by atoms with E-state index >= 15 is 0 Å². The molecular weight excluding hydrogens is 412 g/mol. The van der Waals surface area contributed by atoms with Crippen molar-refractivity contribution in [3.8, 4) is 12.3 Å². The number of terminal acetylenes is 1. The number of thiophene rings is 1. The van der Waals surface area contributed by atoms with Gasteiger partial charge in [-0.15, -0.1) is 6.42 Å². The third-order valence-electron chi connectivity index (χ3n) is 3.41. The average Bonchev–Trinajstić information content (AvgIpc) is 3.20. The molecule has 3 rings (SSSR count). The predicted molar refractivity (Wildman–Crippen MR) is 101 cm³/mol. The number of nitro groups is 1. The molecule has 2 aromatic heterocycles. The molecule has 0 saturated carbocycles. The van der Waals surface area contributed by atoms with E-state index in [9.17, 15) is 23.3 Å². The van der Waals surface area contributed by atoms with Gasteiger partial charge in [0.05, 0.1) is 26.6 Å². The summed E-state index contributed by atoms with van der Waals surface area (Å²) in [6, 6.07) is 6.80. The maximum absolute atomic E-state index is 12.4. The van der Waals surface area contributed by atoms with Gasteiger partial charge in [-0.1, -0.05) is 28.6 Å². The molecule has 1 amide bonds. The summed E-state index contributed by atoms with van der Waals surface area (Å²) in [4.78, 5) is 26.8. The van der Waals surface area contributed by atoms with Crippen molar-refractivity contribution in [1.29, 1.82) is 0 Å². The maximum atomic E-state index is 12.4. The van der Waals surface area contributed by atoms with Crippen LogP contribution in [0.2, 0.25) is 0 Å². The van der Waals surface area contributed by atoms with E-state index in [2.05, 4.69) is 10.9 Å². The molecule has 0 fully saturated rings. The van der Waals surface area contributed by atoms with Crippen LogP contribution in [-0.2, 0) is 16.6 Å². The van der Waals surface area contributed by atoms with E-state index in [0.717, 1.165) is 22.7 Å². The summed E-state index contributed by atoms with van der Waals surface area (Å²) in [5.74, 6) is 1.79. The van der Waals surface area contributed by atoms with Gasteiger partial charge < -0.3 is 4.57 Å². The third-order valence-corrected chi connectivity index (χ3v) is 6.39. The van der Waals surface area contributed by atoms with Gasteiger partial charge in [-0.25, -0.2) is 13.6 Å². The summed E-state index contributed by atoms with van der Waals surface area (Å²) >= 11 is 1.78. The number of rotatable bonds is 4. The molecule has 0 spiro atoms. The van der Waals surface area contributed by atoms with Crippen molar-refractivity contribution in [1.82, 2.24) is 4.57 Å². The summed E-state index contributed by atoms with van der Waals surface area (Å²) < 4.78 is 25.2. The van der Waals surface area contributed by atoms with Gasteiger partial charge in [0.2, 0.25) is 10.0 Å². The Balaban J connectivity index is 2.15. The minimum Gasteiger partial charge on any atom is -0.305 e. The summed E-state index contributed by atoms with van der Waals surface area (Å²) in [6.07, 6.45) is 5.38. The highest BCUT2D eigenvalue weighted by atomic mass is 32.2. The molecule has 0 unspecified atom stereocenters. The van der Waals surface area contributed by atoms with Crippen molar-refractivity contribution in [2.75, 3.05) is 0 Å². The zero-order valence-corrected chi connectivity index (χ0v) is 15.8. The van der Waals surface area contributed by atoms with Crippen LogP contribution in [0.15, 0.2) is 40.2 Å². The average molecular weight is 422 g/mol. The van der Waals surface area contributed by atoms with E-state index in [4.69, 9.17) is 11.6 Å². The highest BCUT2D eigenvalue weighted by Crippen LogP contribution is 2.25. The first-order valence-electron chi connectivity index (χ1n) is 7.13. The molecule has 2 N–H and O–H groups in total. The Kier molecular flexibility index (Phi) is 4.94. The SMILES string of the molecule is C#CCn1c(=NC(=O)c2ccc([N+](=O)[O-])s2)sc2cc(S(N)(=O)=O)ccc21. The molecule has 27 heavy (non-hydrogen) atoms. The number of carbonyl (C=O) groups is 1. The highest BCUT2D eigenvalue weighted by Gasteiger charge is 2.16. The molecule has 12 heteroatoms. The van der Waals surface area contributed by atoms with Gasteiger partial charge in [-0.05, 0) is 24.3 Å². The van der Waals surface area contributed by atoms with Crippen LogP contribution in [-0.4, -0.2) is 23.8 Å². The second-order valence-electron chi connectivity index (χ2n) is 5.16. The topological polar surface area (TPSA) is 138 Å². The van der Waals surface area contributed by atoms with Gasteiger partial charge in [0.1, 0.15) is 4.88 Å². The van der Waals surface area contributed by atoms with Gasteiger partial charge in [0.25, 0.3) is 5.91 Å². The summed E-state index contributed by atoms with van der Waals surface area (Å²) in [5, 5.41) is 15.7. The number of hydrogen-bond acceptors (Lipinski definition) is 7. The number of nitrogens with zero attached hydrogens (tertiary/aromatic N) is 3. The van der Waals surface area contributed by atoms with Crippen molar-refractivity contribution in [3.63, 3.8) is 0 Å². The zero-order valence-electron chi connectivity index (χ0n) is 13.4. The second kappa shape index (κ2) is 7.05. The van der Waals surface area contributed by atoms with E-state index in [0.29, 0.717) is 10.2 Å². The van der Waals surface area contributed by atoms with Crippen LogP contribution in [0, 0.1) is 22.5 Å². The number of carbonyl (C=O) groups excluding carboxylic acids is 1. The zero-order chi connectivity index (χ0) is 19.8. The Morgan fingerprint density at radius 2 is 2.07 bits per heavy atom. The van der Waals surface area contributed by atoms with Gasteiger partial charge in [0, 0.05) is 6.07 Å². The monoisotopic (exact) mass is 422 g/mol. The Morgan fingerprint density at radius 3 is 2.67 bits per heavy atom. The molecule has 0 aliphatic rings. The van der Waals surface area contributed by atoms with E-state index in [-0.39, 0.29) is 26.1 Å². The Labute approximate surface area is 160 Å². The minimum absolute atomic E-state index is 0.0733. The second-order valence-corrected chi connectivity index (χ2v) is 8.79. The fourth-order valence-corrected chi connectivity index (χ4v) is 4.63. The number of sulfonamides is 1. The smallest absolute Gasteiger partial charge is 0.305 e. The largest absolute Gasteiger partial charge is 0.324 e. The fourth-order valence-electron chi connectivity index (χ4n) is 2.24. The van der Waals surface area contributed by atoms with E-state index in [1.54, 1.807) is 4.57 Å². The number of benzene rings is 1. The van der Waals surface area contributed by atoms with Gasteiger partial charge >= 0.3 is 5.00 Å². The lowest BCUT2D eigenvalue weighted by Gasteiger charge is -2.01. The number of thiazole rings is 1. The molecule has 1 aromatic carbocycles. The van der Waals surface area contributed by atoms with E-state index in [1.165, 1.54) is 30.3 Å². The van der Waals surface area contributed by atoms with Crippen molar-refractivity contribution in [2.24, 2.45) is 10.1 Å². The molecule has 3 aromatic rings. The molecule has 0 bridgehead atoms. The highest BCUT2D eigenvalue weighted by molar-refractivity contribution is 7.89. The Bertz CT molecular complexity index is 1290. The van der Waals surface area contributed by atoms with Gasteiger partial charge in [-0.3, -0.25) is 14.9 Å². The normalized spacial score (nSPS) is 12.2. The van der Waals surface area contributed by atoms with Gasteiger partial charge in [-0.2, -0.15) is 4.99 Å². The summed E-state index contributed by atoms with van der Waals surface area (Å²) in [5.41, 5.74) is 0.592. The van der Waals surface area contributed by atoms with Crippen LogP contribution in [0.3, 0.4) is 0 Å². The minimum atomic E-state index is -3.88. The third kappa shape index (κ3) is 3.81. The Hall–Kier alpha value is -2.85. The lowest BCUT2D eigenvalue weighted by Crippen LogP contribution is -2.16. The number of hydrogen-bond donors (Lipinski definition) is 1. The van der Waals surface area contributed by atoms with Crippen molar-refractivity contribution in [3.05, 3.63) is 50.1 Å². The molecule has 2 heterocycles. The number of nitrogens with two attached hydrogens (primary N) is 1. The molecular formula is C15H10N4O5S3. The van der Waals surface area contributed by atoms with Crippen LogP contribution in [0.4, 0.5) is 5.00 Å². The molecule has 0 aliphatic carbocycles. The van der Waals surface area contributed by atoms with Crippen LogP contribution >= 0.6 is 22.7 Å². The fraction of sp³-hybridized carbons (Fsp3) is 0.0667.